The molecule has 0 aromatic carbocycles. The lowest BCUT2D eigenvalue weighted by Gasteiger charge is -2.03. The number of hydrogen-bond donors (Lipinski definition) is 1. The van der Waals surface area contributed by atoms with Crippen LogP contribution < -0.4 is 0 Å². The van der Waals surface area contributed by atoms with Crippen molar-refractivity contribution in [3.8, 4) is 5.75 Å². The van der Waals surface area contributed by atoms with Crippen LogP contribution in [-0.4, -0.2) is 15.0 Å². The van der Waals surface area contributed by atoms with Crippen molar-refractivity contribution in [3.05, 3.63) is 26.5 Å². The van der Waals surface area contributed by atoms with Crippen molar-refractivity contribution in [3.63, 3.8) is 0 Å². The Morgan fingerprint density at radius 1 is 1.64 bits per heavy atom. The van der Waals surface area contributed by atoms with Crippen molar-refractivity contribution >= 4 is 21.6 Å². The van der Waals surface area contributed by atoms with Crippen molar-refractivity contribution in [2.24, 2.45) is 0 Å². The molecule has 0 spiro atoms. The predicted molar refractivity (Wildman–Crippen MR) is 45.2 cm³/mol. The first-order valence-electron chi connectivity index (χ1n) is 3.25. The van der Waals surface area contributed by atoms with Crippen molar-refractivity contribution in [2.45, 2.75) is 6.43 Å². The van der Waals surface area contributed by atoms with E-state index in [1.807, 2.05) is 0 Å². The fourth-order valence-corrected chi connectivity index (χ4v) is 1.21. The van der Waals surface area contributed by atoms with Gasteiger partial charge in [-0.1, -0.05) is 0 Å². The second-order valence-corrected chi connectivity index (χ2v) is 3.07. The van der Waals surface area contributed by atoms with Gasteiger partial charge in [-0.25, -0.2) is 13.8 Å². The van der Waals surface area contributed by atoms with Crippen LogP contribution in [0.25, 0.3) is 0 Å². The molecular formula is C6H3BrF2N2O3. The average molecular weight is 269 g/mol. The Morgan fingerprint density at radius 3 is 2.64 bits per heavy atom. The molecule has 1 rings (SSSR count). The van der Waals surface area contributed by atoms with Gasteiger partial charge in [0.1, 0.15) is 4.60 Å². The zero-order valence-electron chi connectivity index (χ0n) is 6.45. The molecule has 5 nitrogen and oxygen atoms in total. The first kappa shape index (κ1) is 10.8. The summed E-state index contributed by atoms with van der Waals surface area (Å²) in [5.41, 5.74) is -1.81. The Kier molecular flexibility index (Phi) is 2.94. The highest BCUT2D eigenvalue weighted by Gasteiger charge is 2.25. The number of nitrogens with zero attached hydrogens (tertiary/aromatic N) is 2. The van der Waals surface area contributed by atoms with Crippen LogP contribution in [0.5, 0.6) is 5.75 Å². The van der Waals surface area contributed by atoms with E-state index in [1.165, 1.54) is 0 Å². The Bertz CT molecular complexity index is 386. The summed E-state index contributed by atoms with van der Waals surface area (Å²) in [7, 11) is 0. The van der Waals surface area contributed by atoms with Gasteiger partial charge in [0.2, 0.25) is 5.75 Å². The Morgan fingerprint density at radius 2 is 2.21 bits per heavy atom. The summed E-state index contributed by atoms with van der Waals surface area (Å²) in [6.07, 6.45) is -3.06. The maximum atomic E-state index is 12.2. The molecule has 0 unspecified atom stereocenters. The zero-order valence-corrected chi connectivity index (χ0v) is 8.03. The number of aromatic hydroxyl groups is 1. The van der Waals surface area contributed by atoms with Crippen LogP contribution >= 0.6 is 15.9 Å². The van der Waals surface area contributed by atoms with Crippen LogP contribution in [0.2, 0.25) is 0 Å². The maximum Gasteiger partial charge on any atom is 0.315 e. The van der Waals surface area contributed by atoms with E-state index in [4.69, 9.17) is 5.11 Å². The van der Waals surface area contributed by atoms with E-state index < -0.39 is 28.5 Å². The molecule has 0 bridgehead atoms. The van der Waals surface area contributed by atoms with Gasteiger partial charge in [0.25, 0.3) is 6.43 Å². The summed E-state index contributed by atoms with van der Waals surface area (Å²) in [5.74, 6) is -1.10. The Balaban J connectivity index is 3.40. The molecule has 8 heteroatoms. The van der Waals surface area contributed by atoms with Crippen LogP contribution in [0.1, 0.15) is 12.1 Å². The zero-order chi connectivity index (χ0) is 10.9. The second-order valence-electron chi connectivity index (χ2n) is 2.26. The number of halogens is 3. The smallest absolute Gasteiger partial charge is 0.315 e. The summed E-state index contributed by atoms with van der Waals surface area (Å²) >= 11 is 2.72. The van der Waals surface area contributed by atoms with E-state index in [1.54, 1.807) is 0 Å². The highest BCUT2D eigenvalue weighted by molar-refractivity contribution is 9.10. The molecule has 0 aliphatic rings. The summed E-state index contributed by atoms with van der Waals surface area (Å²) in [4.78, 5) is 12.6. The van der Waals surface area contributed by atoms with Crippen molar-refractivity contribution in [1.82, 2.24) is 4.98 Å². The molecule has 0 aliphatic carbocycles. The van der Waals surface area contributed by atoms with Gasteiger partial charge in [0.15, 0.2) is 5.69 Å². The largest absolute Gasteiger partial charge is 0.501 e. The summed E-state index contributed by atoms with van der Waals surface area (Å²) < 4.78 is 24.2. The predicted octanol–water partition coefficient (Wildman–Crippen LogP) is 2.40. The van der Waals surface area contributed by atoms with E-state index in [0.717, 1.165) is 6.07 Å². The molecule has 0 saturated carbocycles. The second kappa shape index (κ2) is 3.82. The Hall–Kier alpha value is -1.31. The SMILES string of the molecule is O=[N+]([O-])c1cc(Br)nc(C(F)F)c1O. The first-order chi connectivity index (χ1) is 6.43. The summed E-state index contributed by atoms with van der Waals surface area (Å²) in [6, 6.07) is 0.848. The van der Waals surface area contributed by atoms with Crippen LogP contribution in [0, 0.1) is 10.1 Å². The molecule has 1 heterocycles. The minimum atomic E-state index is -3.06. The van der Waals surface area contributed by atoms with Gasteiger partial charge < -0.3 is 5.11 Å². The number of nitro groups is 1. The lowest BCUT2D eigenvalue weighted by molar-refractivity contribution is -0.386. The molecule has 0 atom stereocenters. The number of pyridine rings is 1. The van der Waals surface area contributed by atoms with Gasteiger partial charge in [-0.3, -0.25) is 10.1 Å². The monoisotopic (exact) mass is 268 g/mol. The number of aromatic nitrogens is 1. The number of rotatable bonds is 2. The molecule has 0 radical (unpaired) electrons. The Labute approximate surface area is 84.7 Å². The van der Waals surface area contributed by atoms with E-state index in [9.17, 15) is 18.9 Å². The molecule has 0 saturated heterocycles. The quantitative estimate of drug-likeness (QED) is 0.508. The van der Waals surface area contributed by atoms with Crippen LogP contribution in [0.4, 0.5) is 14.5 Å². The number of hydrogen-bond acceptors (Lipinski definition) is 4. The van der Waals surface area contributed by atoms with E-state index >= 15 is 0 Å². The fraction of sp³-hybridized carbons (Fsp3) is 0.167. The molecule has 1 aromatic heterocycles. The third-order valence-electron chi connectivity index (χ3n) is 1.37. The lowest BCUT2D eigenvalue weighted by Crippen LogP contribution is -1.97. The summed E-state index contributed by atoms with van der Waals surface area (Å²) in [6.45, 7) is 0. The summed E-state index contributed by atoms with van der Waals surface area (Å²) in [5, 5.41) is 19.3. The van der Waals surface area contributed by atoms with Crippen LogP contribution in [0.3, 0.4) is 0 Å². The molecule has 0 amide bonds. The van der Waals surface area contributed by atoms with Gasteiger partial charge in [-0.05, 0) is 15.9 Å². The number of alkyl halides is 2. The third-order valence-corrected chi connectivity index (χ3v) is 1.78. The third kappa shape index (κ3) is 1.95. The van der Waals surface area contributed by atoms with Crippen molar-refractivity contribution in [2.75, 3.05) is 0 Å². The van der Waals surface area contributed by atoms with Gasteiger partial charge in [-0.2, -0.15) is 0 Å². The minimum absolute atomic E-state index is 0.127. The van der Waals surface area contributed by atoms with Gasteiger partial charge >= 0.3 is 5.69 Å². The van der Waals surface area contributed by atoms with Crippen LogP contribution in [0.15, 0.2) is 10.7 Å². The lowest BCUT2D eigenvalue weighted by atomic mass is 10.3. The molecule has 1 N–H and O–H groups in total. The van der Waals surface area contributed by atoms with E-state index in [2.05, 4.69) is 20.9 Å². The first-order valence-corrected chi connectivity index (χ1v) is 4.04. The van der Waals surface area contributed by atoms with Gasteiger partial charge in [-0.15, -0.1) is 0 Å². The standard InChI is InChI=1S/C6H3BrF2N2O3/c7-3-1-2(11(13)14)5(12)4(10-3)6(8)9/h1,6,12H. The topological polar surface area (TPSA) is 76.3 Å². The van der Waals surface area contributed by atoms with E-state index in [-0.39, 0.29) is 4.60 Å². The molecule has 0 fully saturated rings. The highest BCUT2D eigenvalue weighted by atomic mass is 79.9. The van der Waals surface area contributed by atoms with Crippen LogP contribution in [-0.2, 0) is 0 Å². The minimum Gasteiger partial charge on any atom is -0.501 e. The highest BCUT2D eigenvalue weighted by Crippen LogP contribution is 2.35. The molecular weight excluding hydrogens is 266 g/mol. The molecule has 14 heavy (non-hydrogen) atoms. The van der Waals surface area contributed by atoms with E-state index in [0.29, 0.717) is 0 Å². The van der Waals surface area contributed by atoms with Crippen molar-refractivity contribution < 1.29 is 18.8 Å². The normalized spacial score (nSPS) is 10.6. The van der Waals surface area contributed by atoms with Crippen molar-refractivity contribution in [1.29, 1.82) is 0 Å². The molecule has 1 aromatic rings. The fourth-order valence-electron chi connectivity index (χ4n) is 0.804. The molecule has 76 valence electrons. The average Bonchev–Trinajstić information content (AvgIpc) is 2.07. The maximum absolute atomic E-state index is 12.2. The van der Waals surface area contributed by atoms with Gasteiger partial charge in [0.05, 0.1) is 11.0 Å². The molecule has 0 aliphatic heterocycles. The van der Waals surface area contributed by atoms with Gasteiger partial charge in [0, 0.05) is 0 Å².